The number of urea groups is 1. The van der Waals surface area contributed by atoms with Crippen molar-refractivity contribution in [3.05, 3.63) is 35.2 Å². The lowest BCUT2D eigenvalue weighted by Crippen LogP contribution is -2.44. The number of likely N-dealkylation sites (tertiary alicyclic amines) is 1. The Kier molecular flexibility index (Phi) is 7.04. The van der Waals surface area contributed by atoms with Gasteiger partial charge in [0.25, 0.3) is 6.43 Å². The summed E-state index contributed by atoms with van der Waals surface area (Å²) in [6.07, 6.45) is 0.572. The predicted octanol–water partition coefficient (Wildman–Crippen LogP) is 3.49. The van der Waals surface area contributed by atoms with E-state index in [1.807, 2.05) is 6.07 Å². The van der Waals surface area contributed by atoms with Gasteiger partial charge in [-0.05, 0) is 37.8 Å². The van der Waals surface area contributed by atoms with Crippen LogP contribution in [0.15, 0.2) is 29.4 Å². The summed E-state index contributed by atoms with van der Waals surface area (Å²) in [5.41, 5.74) is 0.300. The number of rotatable bonds is 7. The molecule has 0 radical (unpaired) electrons. The number of nitrogens with zero attached hydrogens (tertiary/aromatic N) is 8. The highest BCUT2D eigenvalue weighted by Crippen LogP contribution is 2.40. The van der Waals surface area contributed by atoms with Crippen molar-refractivity contribution in [3.63, 3.8) is 0 Å². The monoisotopic (exact) mass is 617 g/mol. The first kappa shape index (κ1) is 28.3. The SMILES string of the molecule is CON(C)C(=O)N1CCC(c2ncnc3c2c2ccc(S(=O)(=O)NC4(C#N)CC4)cc2n3-c2nnc(C(F)F)s2)CC1. The first-order valence-electron chi connectivity index (χ1n) is 13.0. The Bertz CT molecular complexity index is 1840. The Balaban J connectivity index is 1.47. The maximum Gasteiger partial charge on any atom is 0.343 e. The normalized spacial score (nSPS) is 17.2. The Labute approximate surface area is 242 Å². The first-order chi connectivity index (χ1) is 20.1. The number of carbonyl (C=O) groups excluding carboxylic acids is 1. The lowest BCUT2D eigenvalue weighted by Gasteiger charge is -2.33. The second-order valence-electron chi connectivity index (χ2n) is 10.2. The van der Waals surface area contributed by atoms with Gasteiger partial charge in [-0.1, -0.05) is 17.4 Å². The lowest BCUT2D eigenvalue weighted by atomic mass is 9.91. The van der Waals surface area contributed by atoms with Crippen LogP contribution in [-0.2, 0) is 14.9 Å². The molecule has 13 nitrogen and oxygen atoms in total. The predicted molar refractivity (Wildman–Crippen MR) is 146 cm³/mol. The number of amides is 2. The summed E-state index contributed by atoms with van der Waals surface area (Å²) < 4.78 is 57.4. The third kappa shape index (κ3) is 4.83. The van der Waals surface area contributed by atoms with E-state index in [0.29, 0.717) is 77.7 Å². The minimum Gasteiger partial charge on any atom is -0.323 e. The first-order valence-corrected chi connectivity index (χ1v) is 15.3. The zero-order valence-corrected chi connectivity index (χ0v) is 24.1. The number of aromatic nitrogens is 5. The molecule has 1 aliphatic heterocycles. The van der Waals surface area contributed by atoms with Crippen molar-refractivity contribution in [1.82, 2.24) is 39.4 Å². The smallest absolute Gasteiger partial charge is 0.323 e. The molecule has 0 bridgehead atoms. The Morgan fingerprint density at radius 3 is 2.62 bits per heavy atom. The molecule has 0 unspecified atom stereocenters. The third-order valence-corrected chi connectivity index (χ3v) is 10.1. The van der Waals surface area contributed by atoms with Gasteiger partial charge in [-0.25, -0.2) is 37.0 Å². The summed E-state index contributed by atoms with van der Waals surface area (Å²) in [7, 11) is -1.13. The van der Waals surface area contributed by atoms with Crippen LogP contribution in [0.2, 0.25) is 0 Å². The van der Waals surface area contributed by atoms with Gasteiger partial charge in [-0.3, -0.25) is 9.40 Å². The van der Waals surface area contributed by atoms with Gasteiger partial charge in [0.15, 0.2) is 10.7 Å². The van der Waals surface area contributed by atoms with Crippen LogP contribution >= 0.6 is 11.3 Å². The molecule has 1 saturated carbocycles. The summed E-state index contributed by atoms with van der Waals surface area (Å²) in [4.78, 5) is 28.2. The number of alkyl halides is 2. The molecule has 1 aliphatic carbocycles. The number of halogens is 2. The fourth-order valence-corrected chi connectivity index (χ4v) is 7.33. The van der Waals surface area contributed by atoms with Crippen molar-refractivity contribution in [1.29, 1.82) is 5.26 Å². The van der Waals surface area contributed by atoms with Gasteiger partial charge in [0.2, 0.25) is 15.2 Å². The molecule has 6 rings (SSSR count). The summed E-state index contributed by atoms with van der Waals surface area (Å²) in [5.74, 6) is -0.0621. The Morgan fingerprint density at radius 2 is 2.00 bits per heavy atom. The number of carbonyl (C=O) groups is 1. The van der Waals surface area contributed by atoms with E-state index in [0.717, 1.165) is 5.06 Å². The highest BCUT2D eigenvalue weighted by molar-refractivity contribution is 7.89. The summed E-state index contributed by atoms with van der Waals surface area (Å²) in [6.45, 7) is 0.925. The Morgan fingerprint density at radius 1 is 1.26 bits per heavy atom. The van der Waals surface area contributed by atoms with Crippen molar-refractivity contribution in [2.24, 2.45) is 0 Å². The highest BCUT2D eigenvalue weighted by atomic mass is 32.2. The topological polar surface area (TPSA) is 159 Å². The average molecular weight is 618 g/mol. The van der Waals surface area contributed by atoms with Gasteiger partial charge in [0.05, 0.1) is 29.3 Å². The van der Waals surface area contributed by atoms with E-state index in [-0.39, 0.29) is 22.0 Å². The molecule has 1 aromatic carbocycles. The van der Waals surface area contributed by atoms with Crippen molar-refractivity contribution in [2.45, 2.75) is 48.5 Å². The minimum absolute atomic E-state index is 0.0621. The summed E-state index contributed by atoms with van der Waals surface area (Å²) >= 11 is 0.677. The minimum atomic E-state index is -4.08. The van der Waals surface area contributed by atoms with Gasteiger partial charge < -0.3 is 4.90 Å². The molecule has 1 N–H and O–H groups in total. The molecule has 4 heterocycles. The molecule has 2 aliphatic rings. The number of fused-ring (bicyclic) bond motifs is 3. The van der Waals surface area contributed by atoms with Gasteiger partial charge >= 0.3 is 6.03 Å². The zero-order valence-electron chi connectivity index (χ0n) is 22.5. The maximum absolute atomic E-state index is 13.5. The lowest BCUT2D eigenvalue weighted by molar-refractivity contribution is -0.0773. The van der Waals surface area contributed by atoms with E-state index in [9.17, 15) is 27.3 Å². The van der Waals surface area contributed by atoms with Gasteiger partial charge in [0.1, 0.15) is 11.9 Å². The van der Waals surface area contributed by atoms with Crippen LogP contribution in [0.25, 0.3) is 27.1 Å². The maximum atomic E-state index is 13.5. The number of sulfonamides is 1. The molecule has 42 heavy (non-hydrogen) atoms. The molecular weight excluding hydrogens is 592 g/mol. The second-order valence-corrected chi connectivity index (χ2v) is 12.9. The van der Waals surface area contributed by atoms with Crippen LogP contribution < -0.4 is 4.72 Å². The van der Waals surface area contributed by atoms with Crippen molar-refractivity contribution in [3.8, 4) is 11.2 Å². The number of hydrogen-bond donors (Lipinski definition) is 1. The van der Waals surface area contributed by atoms with E-state index in [1.54, 1.807) is 18.0 Å². The van der Waals surface area contributed by atoms with Crippen LogP contribution in [0, 0.1) is 11.3 Å². The molecule has 17 heteroatoms. The molecule has 220 valence electrons. The number of nitrogens with one attached hydrogen (secondary N) is 1. The van der Waals surface area contributed by atoms with E-state index < -0.39 is 27.0 Å². The molecule has 4 aromatic rings. The fraction of sp³-hybridized carbons (Fsp3) is 0.440. The van der Waals surface area contributed by atoms with Crippen molar-refractivity contribution < 1.29 is 26.8 Å². The van der Waals surface area contributed by atoms with E-state index >= 15 is 0 Å². The fourth-order valence-electron chi connectivity index (χ4n) is 5.21. The molecule has 0 atom stereocenters. The number of hydroxylamine groups is 2. The number of benzene rings is 1. The second kappa shape index (κ2) is 10.5. The van der Waals surface area contributed by atoms with Gasteiger partial charge in [0, 0.05) is 36.8 Å². The van der Waals surface area contributed by atoms with Crippen LogP contribution in [0.1, 0.15) is 48.7 Å². The molecule has 0 spiro atoms. The largest absolute Gasteiger partial charge is 0.343 e. The number of hydrogen-bond acceptors (Lipinski definition) is 10. The van der Waals surface area contributed by atoms with Crippen LogP contribution in [0.3, 0.4) is 0 Å². The van der Waals surface area contributed by atoms with Gasteiger partial charge in [-0.2, -0.15) is 9.98 Å². The van der Waals surface area contributed by atoms with Crippen LogP contribution in [0.4, 0.5) is 13.6 Å². The summed E-state index contributed by atoms with van der Waals surface area (Å²) in [5, 5.41) is 19.0. The standard InChI is InChI=1S/C25H25F2N9O4S2/c1-34(40-2)24(37)35-9-5-14(6-10-35)19-18-16-4-3-15(42(38,39)33-25(12-28)7-8-25)11-17(16)36(21(18)30-13-29-19)23-32-31-22(41-23)20(26)27/h3-4,11,13-14,20,33H,5-10H2,1-2H3. The van der Waals surface area contributed by atoms with Crippen molar-refractivity contribution >= 4 is 49.3 Å². The zero-order chi connectivity index (χ0) is 29.8. The third-order valence-electron chi connectivity index (χ3n) is 7.66. The molecule has 2 amide bonds. The number of nitriles is 1. The highest BCUT2D eigenvalue weighted by Gasteiger charge is 2.47. The van der Waals surface area contributed by atoms with E-state index in [4.69, 9.17) is 4.84 Å². The Hall–Kier alpha value is -3.85. The van der Waals surface area contributed by atoms with E-state index in [2.05, 4.69) is 24.9 Å². The molecule has 2 fully saturated rings. The van der Waals surface area contributed by atoms with Crippen LogP contribution in [0.5, 0.6) is 0 Å². The summed E-state index contributed by atoms with van der Waals surface area (Å²) in [6, 6.07) is 6.25. The average Bonchev–Trinajstić information content (AvgIpc) is 3.43. The molecular formula is C25H25F2N9O4S2. The van der Waals surface area contributed by atoms with Gasteiger partial charge in [-0.15, -0.1) is 10.2 Å². The van der Waals surface area contributed by atoms with Crippen molar-refractivity contribution in [2.75, 3.05) is 27.2 Å². The molecule has 1 saturated heterocycles. The van der Waals surface area contributed by atoms with E-state index in [1.165, 1.54) is 30.1 Å². The molecule has 3 aromatic heterocycles. The number of piperidine rings is 1. The quantitative estimate of drug-likeness (QED) is 0.306. The van der Waals surface area contributed by atoms with Crippen LogP contribution in [-0.4, -0.2) is 81.9 Å².